The third-order valence-electron chi connectivity index (χ3n) is 6.88. The molecule has 0 aromatic heterocycles. The highest BCUT2D eigenvalue weighted by atomic mass is 79.9. The quantitative estimate of drug-likeness (QED) is 0.108. The maximum atomic E-state index is 6.84. The van der Waals surface area contributed by atoms with Crippen molar-refractivity contribution in [1.82, 2.24) is 0 Å². The van der Waals surface area contributed by atoms with E-state index in [1.807, 2.05) is 6.92 Å². The molecule has 0 unspecified atom stereocenters. The minimum atomic E-state index is -1.83. The van der Waals surface area contributed by atoms with Crippen molar-refractivity contribution in [3.63, 3.8) is 0 Å². The first kappa shape index (κ1) is 33.6. The van der Waals surface area contributed by atoms with Crippen LogP contribution in [0.25, 0.3) is 0 Å². The lowest BCUT2D eigenvalue weighted by Gasteiger charge is -2.39. The molecule has 0 spiro atoms. The second-order valence-electron chi connectivity index (χ2n) is 10.7. The summed E-state index contributed by atoms with van der Waals surface area (Å²) in [7, 11) is -2.73. The van der Waals surface area contributed by atoms with Crippen LogP contribution < -0.4 is 17.0 Å². The Morgan fingerprint density at radius 3 is 1.74 bits per heavy atom. The van der Waals surface area contributed by atoms with Crippen LogP contribution in [-0.2, 0) is 4.43 Å². The largest absolute Gasteiger partial charge is 1.00 e. The molecule has 184 valence electrons. The molecule has 0 fully saturated rings. The Morgan fingerprint density at radius 2 is 1.39 bits per heavy atom. The van der Waals surface area contributed by atoms with Crippen molar-refractivity contribution in [1.29, 1.82) is 0 Å². The molecule has 4 heteroatoms. The lowest BCUT2D eigenvalue weighted by molar-refractivity contribution is -0.00000823. The summed E-state index contributed by atoms with van der Waals surface area (Å²) in [4.78, 5) is 0. The molecule has 0 aromatic carbocycles. The SMILES string of the molecule is CC#C[C@@H](C)[C@H](/C=C\C[P+](CCCC)(CCCC)CCCC)O[Si](C)(C)C(C)(C)C.[Br-]. The first-order valence-corrected chi connectivity index (χ1v) is 18.0. The van der Waals surface area contributed by atoms with E-state index in [0.717, 1.165) is 0 Å². The van der Waals surface area contributed by atoms with E-state index in [0.29, 0.717) is 0 Å². The maximum Gasteiger partial charge on any atom is 0.192 e. The minimum Gasteiger partial charge on any atom is -1.00 e. The molecule has 0 N–H and O–H groups in total. The number of allylic oxidation sites excluding steroid dienone is 1. The molecule has 0 heterocycles. The molecule has 0 aliphatic rings. The van der Waals surface area contributed by atoms with Gasteiger partial charge in [-0.05, 0) is 57.3 Å². The lowest BCUT2D eigenvalue weighted by atomic mass is 10.1. The van der Waals surface area contributed by atoms with Gasteiger partial charge in [0.25, 0.3) is 0 Å². The van der Waals surface area contributed by atoms with E-state index in [9.17, 15) is 0 Å². The van der Waals surface area contributed by atoms with E-state index < -0.39 is 15.6 Å². The predicted molar refractivity (Wildman–Crippen MR) is 145 cm³/mol. The van der Waals surface area contributed by atoms with Gasteiger partial charge < -0.3 is 21.4 Å². The van der Waals surface area contributed by atoms with E-state index in [1.54, 1.807) is 0 Å². The number of rotatable bonds is 15. The number of halogens is 1. The highest BCUT2D eigenvalue weighted by molar-refractivity contribution is 7.76. The Hall–Kier alpha value is 0.387. The van der Waals surface area contributed by atoms with Crippen LogP contribution in [0.5, 0.6) is 0 Å². The lowest BCUT2D eigenvalue weighted by Crippen LogP contribution is -3.00. The van der Waals surface area contributed by atoms with Crippen LogP contribution in [0.3, 0.4) is 0 Å². The zero-order valence-electron chi connectivity index (χ0n) is 22.6. The van der Waals surface area contributed by atoms with Gasteiger partial charge in [-0.3, -0.25) is 0 Å². The van der Waals surface area contributed by atoms with Crippen molar-refractivity contribution in [3.8, 4) is 11.8 Å². The Balaban J connectivity index is 0. The van der Waals surface area contributed by atoms with Gasteiger partial charge in [0.1, 0.15) is 0 Å². The number of unbranched alkanes of at least 4 members (excludes halogenated alkanes) is 3. The van der Waals surface area contributed by atoms with Gasteiger partial charge in [-0.1, -0.05) is 72.8 Å². The molecule has 31 heavy (non-hydrogen) atoms. The van der Waals surface area contributed by atoms with Crippen molar-refractivity contribution in [2.75, 3.05) is 24.6 Å². The first-order valence-electron chi connectivity index (χ1n) is 12.6. The van der Waals surface area contributed by atoms with Crippen molar-refractivity contribution in [2.45, 2.75) is 118 Å². The van der Waals surface area contributed by atoms with Gasteiger partial charge in [-0.25, -0.2) is 0 Å². The maximum absolute atomic E-state index is 6.84. The van der Waals surface area contributed by atoms with Gasteiger partial charge in [-0.2, -0.15) is 0 Å². The third-order valence-corrected chi connectivity index (χ3v) is 16.1. The van der Waals surface area contributed by atoms with Crippen LogP contribution in [0.2, 0.25) is 18.1 Å². The van der Waals surface area contributed by atoms with Gasteiger partial charge in [0.15, 0.2) is 8.32 Å². The Morgan fingerprint density at radius 1 is 0.935 bits per heavy atom. The molecular weight excluding hydrogens is 479 g/mol. The molecule has 0 aliphatic heterocycles. The Labute approximate surface area is 209 Å². The van der Waals surface area contributed by atoms with Gasteiger partial charge >= 0.3 is 0 Å². The van der Waals surface area contributed by atoms with Gasteiger partial charge in [0, 0.05) is 13.2 Å². The van der Waals surface area contributed by atoms with E-state index in [-0.39, 0.29) is 34.0 Å². The number of hydrogen-bond acceptors (Lipinski definition) is 1. The second kappa shape index (κ2) is 16.9. The summed E-state index contributed by atoms with van der Waals surface area (Å²) in [6.07, 6.45) is 18.9. The molecule has 0 amide bonds. The predicted octanol–water partition coefficient (Wildman–Crippen LogP) is 6.01. The topological polar surface area (TPSA) is 9.23 Å². The highest BCUT2D eigenvalue weighted by Crippen LogP contribution is 2.60. The zero-order chi connectivity index (χ0) is 23.3. The molecular formula is C27H54BrOPSi. The van der Waals surface area contributed by atoms with Crippen LogP contribution in [0, 0.1) is 17.8 Å². The Bertz CT molecular complexity index is 520. The number of hydrogen-bond donors (Lipinski definition) is 0. The van der Waals surface area contributed by atoms with Crippen LogP contribution in [0.4, 0.5) is 0 Å². The molecule has 2 atom stereocenters. The second-order valence-corrected chi connectivity index (χ2v) is 19.9. The van der Waals surface area contributed by atoms with Crippen molar-refractivity contribution < 1.29 is 21.4 Å². The van der Waals surface area contributed by atoms with Crippen molar-refractivity contribution >= 4 is 15.6 Å². The fourth-order valence-electron chi connectivity index (χ4n) is 3.64. The molecule has 0 saturated heterocycles. The first-order chi connectivity index (χ1) is 14.0. The molecule has 0 radical (unpaired) electrons. The van der Waals surface area contributed by atoms with E-state index in [4.69, 9.17) is 4.43 Å². The summed E-state index contributed by atoms with van der Waals surface area (Å²) in [5, 5.41) is 0.221. The summed E-state index contributed by atoms with van der Waals surface area (Å²) in [6.45, 7) is 22.9. The zero-order valence-corrected chi connectivity index (χ0v) is 26.1. The summed E-state index contributed by atoms with van der Waals surface area (Å²) in [5.41, 5.74) is 0. The van der Waals surface area contributed by atoms with Crippen LogP contribution in [-0.4, -0.2) is 39.1 Å². The summed E-state index contributed by atoms with van der Waals surface area (Å²) < 4.78 is 6.84. The van der Waals surface area contributed by atoms with E-state index in [1.165, 1.54) is 63.2 Å². The molecule has 1 nitrogen and oxygen atoms in total. The average molecular weight is 534 g/mol. The van der Waals surface area contributed by atoms with Gasteiger partial charge in [-0.15, -0.1) is 5.92 Å². The Kier molecular flexibility index (Phi) is 18.3. The summed E-state index contributed by atoms with van der Waals surface area (Å²) in [6, 6.07) is 0. The van der Waals surface area contributed by atoms with Gasteiger partial charge in [0.2, 0.25) is 0 Å². The molecule has 0 aliphatic carbocycles. The van der Waals surface area contributed by atoms with Gasteiger partial charge in [0.05, 0.1) is 30.8 Å². The standard InChI is InChI=1S/C27H54OPSi.BrH/c1-11-15-21-29(22-16-12-2,23-17-13-3)24-18-20-26(25(5)19-14-4)28-30(9,10)27(6,7)8;/h18,20,25-26H,11-13,15-17,21-24H2,1-10H3;1H/q+1;/p-1/b20-18-;/t25-,26+;/m1./s1. The smallest absolute Gasteiger partial charge is 0.192 e. The molecule has 0 aromatic rings. The summed E-state index contributed by atoms with van der Waals surface area (Å²) >= 11 is 0. The summed E-state index contributed by atoms with van der Waals surface area (Å²) in [5.74, 6) is 6.74. The van der Waals surface area contributed by atoms with E-state index >= 15 is 0 Å². The third kappa shape index (κ3) is 13.0. The fourth-order valence-corrected chi connectivity index (χ4v) is 9.71. The molecule has 0 rings (SSSR count). The van der Waals surface area contributed by atoms with Crippen LogP contribution >= 0.6 is 7.26 Å². The van der Waals surface area contributed by atoms with Crippen molar-refractivity contribution in [2.24, 2.45) is 5.92 Å². The highest BCUT2D eigenvalue weighted by Gasteiger charge is 2.40. The minimum absolute atomic E-state index is 0. The molecule has 0 bridgehead atoms. The van der Waals surface area contributed by atoms with Crippen molar-refractivity contribution in [3.05, 3.63) is 12.2 Å². The average Bonchev–Trinajstić information content (AvgIpc) is 2.67. The van der Waals surface area contributed by atoms with Crippen LogP contribution in [0.15, 0.2) is 12.2 Å². The molecule has 0 saturated carbocycles. The van der Waals surface area contributed by atoms with E-state index in [2.05, 4.69) is 85.6 Å². The normalized spacial score (nSPS) is 14.6. The monoisotopic (exact) mass is 532 g/mol. The fraction of sp³-hybridized carbons (Fsp3) is 0.852. The van der Waals surface area contributed by atoms with Crippen LogP contribution in [0.1, 0.15) is 93.9 Å².